The summed E-state index contributed by atoms with van der Waals surface area (Å²) >= 11 is 0. The Morgan fingerprint density at radius 3 is 2.00 bits per heavy atom. The molecule has 0 saturated heterocycles. The number of aromatic nitrogens is 6. The Bertz CT molecular complexity index is 1640. The van der Waals surface area contributed by atoms with Gasteiger partial charge in [-0.3, -0.25) is 0 Å². The Balaban J connectivity index is 1.59. The molecule has 0 bridgehead atoms. The first-order chi connectivity index (χ1) is 17.9. The van der Waals surface area contributed by atoms with Gasteiger partial charge >= 0.3 is 0 Å². The summed E-state index contributed by atoms with van der Waals surface area (Å²) < 4.78 is 3.61. The van der Waals surface area contributed by atoms with E-state index in [1.807, 2.05) is 53.2 Å². The lowest BCUT2D eigenvalue weighted by atomic mass is 9.99. The highest BCUT2D eigenvalue weighted by molar-refractivity contribution is 5.93. The molecule has 0 atom stereocenters. The van der Waals surface area contributed by atoms with Gasteiger partial charge in [0, 0.05) is 13.6 Å². The van der Waals surface area contributed by atoms with Crippen LogP contribution in [-0.2, 0) is 6.42 Å². The van der Waals surface area contributed by atoms with Crippen molar-refractivity contribution < 1.29 is 0 Å². The van der Waals surface area contributed by atoms with Crippen molar-refractivity contribution >= 4 is 33.5 Å². The van der Waals surface area contributed by atoms with E-state index in [4.69, 9.17) is 0 Å². The highest BCUT2D eigenvalue weighted by atomic mass is 15.5. The third kappa shape index (κ3) is 4.44. The zero-order valence-corrected chi connectivity index (χ0v) is 21.8. The Morgan fingerprint density at radius 1 is 0.865 bits per heavy atom. The molecular formula is C30H31N7. The van der Waals surface area contributed by atoms with E-state index < -0.39 is 0 Å². The van der Waals surface area contributed by atoms with Crippen molar-refractivity contribution in [2.45, 2.75) is 27.2 Å². The van der Waals surface area contributed by atoms with Gasteiger partial charge in [-0.1, -0.05) is 60.0 Å². The van der Waals surface area contributed by atoms with Crippen molar-refractivity contribution in [1.29, 1.82) is 0 Å². The van der Waals surface area contributed by atoms with Crippen molar-refractivity contribution in [2.75, 3.05) is 13.6 Å². The predicted octanol–water partition coefficient (Wildman–Crippen LogP) is 5.80. The predicted molar refractivity (Wildman–Crippen MR) is 151 cm³/mol. The molecule has 0 saturated carbocycles. The number of rotatable bonds is 8. The van der Waals surface area contributed by atoms with Gasteiger partial charge in [-0.2, -0.15) is 0 Å². The maximum absolute atomic E-state index is 4.52. The minimum atomic E-state index is 0.725. The number of hydrogen-bond donors (Lipinski definition) is 0. The van der Waals surface area contributed by atoms with Gasteiger partial charge in [0.05, 0.1) is 22.4 Å². The largest absolute Gasteiger partial charge is 0.373 e. The van der Waals surface area contributed by atoms with E-state index in [-0.39, 0.29) is 0 Å². The number of nitrogens with zero attached hydrogens (tertiary/aromatic N) is 7. The highest BCUT2D eigenvalue weighted by Gasteiger charge is 2.21. The minimum Gasteiger partial charge on any atom is -0.373 e. The molecule has 0 aliphatic rings. The van der Waals surface area contributed by atoms with E-state index in [2.05, 4.69) is 78.6 Å². The minimum absolute atomic E-state index is 0.725. The van der Waals surface area contributed by atoms with Crippen molar-refractivity contribution in [2.24, 2.45) is 0 Å². The summed E-state index contributed by atoms with van der Waals surface area (Å²) in [5, 5.41) is 17.7. The average Bonchev–Trinajstić information content (AvgIpc) is 3.53. The van der Waals surface area contributed by atoms with Crippen LogP contribution in [0.25, 0.3) is 33.5 Å². The number of likely N-dealkylation sites (N-methyl/N-ethyl adjacent to an activating group) is 1. The van der Waals surface area contributed by atoms with Crippen LogP contribution in [0.5, 0.6) is 0 Å². The normalized spacial score (nSPS) is 12.1. The van der Waals surface area contributed by atoms with Crippen LogP contribution in [0.15, 0.2) is 85.6 Å². The van der Waals surface area contributed by atoms with Crippen LogP contribution in [0, 0.1) is 20.8 Å². The molecule has 7 heteroatoms. The van der Waals surface area contributed by atoms with E-state index in [9.17, 15) is 0 Å². The topological polar surface area (TPSA) is 64.7 Å². The standard InChI is InChI=1S/C30H31N7/c1-7-27(36-28-14-10-8-12-25(28)31-33-36)30(37-29-15-11-9-13-26(29)32-34-37)23(5)35(6)17-16-24-18-20(2)22(4)21(3)19-24/h7-15,18-19H,1,5,16-17H2,2-4,6H3/b30-27-. The molecule has 5 aromatic rings. The van der Waals surface area contributed by atoms with Gasteiger partial charge in [-0.15, -0.1) is 10.2 Å². The lowest BCUT2D eigenvalue weighted by Crippen LogP contribution is -2.24. The number of aryl methyl sites for hydroxylation is 2. The molecule has 0 unspecified atom stereocenters. The molecule has 3 aromatic carbocycles. The van der Waals surface area contributed by atoms with E-state index in [0.29, 0.717) is 0 Å². The molecule has 2 heterocycles. The molecule has 37 heavy (non-hydrogen) atoms. The van der Waals surface area contributed by atoms with Crippen LogP contribution >= 0.6 is 0 Å². The second-order valence-corrected chi connectivity index (χ2v) is 9.39. The van der Waals surface area contributed by atoms with E-state index in [1.54, 1.807) is 10.8 Å². The van der Waals surface area contributed by atoms with Gasteiger partial charge in [0.1, 0.15) is 16.7 Å². The molecule has 0 N–H and O–H groups in total. The van der Waals surface area contributed by atoms with Crippen LogP contribution in [0.1, 0.15) is 22.3 Å². The second kappa shape index (κ2) is 9.85. The molecule has 0 aliphatic carbocycles. The molecule has 0 aliphatic heterocycles. The van der Waals surface area contributed by atoms with Gasteiger partial charge in [-0.25, -0.2) is 9.36 Å². The molecule has 0 fully saturated rings. The van der Waals surface area contributed by atoms with Gasteiger partial charge in [0.2, 0.25) is 0 Å². The summed E-state index contributed by atoms with van der Waals surface area (Å²) in [6.07, 6.45) is 2.66. The molecule has 2 aromatic heterocycles. The lowest BCUT2D eigenvalue weighted by Gasteiger charge is -2.25. The quantitative estimate of drug-likeness (QED) is 0.258. The van der Waals surface area contributed by atoms with Crippen molar-refractivity contribution in [3.63, 3.8) is 0 Å². The summed E-state index contributed by atoms with van der Waals surface area (Å²) in [6.45, 7) is 15.9. The van der Waals surface area contributed by atoms with Crippen LogP contribution in [0.3, 0.4) is 0 Å². The van der Waals surface area contributed by atoms with Crippen LogP contribution in [0.2, 0.25) is 0 Å². The summed E-state index contributed by atoms with van der Waals surface area (Å²) in [5.41, 5.74) is 10.9. The SMILES string of the molecule is C=C/C(=C(\C(=C)N(C)CCc1cc(C)c(C)c(C)c1)n1nnc2ccccc21)n1nnc2ccccc21. The Kier molecular flexibility index (Phi) is 6.44. The maximum atomic E-state index is 4.52. The highest BCUT2D eigenvalue weighted by Crippen LogP contribution is 2.29. The van der Waals surface area contributed by atoms with Crippen LogP contribution in [0.4, 0.5) is 0 Å². The molecular weight excluding hydrogens is 458 g/mol. The number of fused-ring (bicyclic) bond motifs is 2. The zero-order chi connectivity index (χ0) is 26.1. The van der Waals surface area contributed by atoms with Crippen molar-refractivity contribution in [1.82, 2.24) is 34.9 Å². The Labute approximate surface area is 217 Å². The number of benzene rings is 3. The van der Waals surface area contributed by atoms with E-state index in [0.717, 1.165) is 52.1 Å². The first-order valence-electron chi connectivity index (χ1n) is 12.3. The van der Waals surface area contributed by atoms with Crippen molar-refractivity contribution in [3.05, 3.63) is 108 Å². The van der Waals surface area contributed by atoms with Crippen LogP contribution in [-0.4, -0.2) is 48.5 Å². The number of allylic oxidation sites excluding steroid dienone is 3. The smallest absolute Gasteiger partial charge is 0.115 e. The molecule has 7 nitrogen and oxygen atoms in total. The van der Waals surface area contributed by atoms with Gasteiger partial charge in [0.15, 0.2) is 0 Å². The molecule has 0 amide bonds. The number of para-hydroxylation sites is 2. The summed E-state index contributed by atoms with van der Waals surface area (Å²) in [4.78, 5) is 2.15. The second-order valence-electron chi connectivity index (χ2n) is 9.39. The fraction of sp³-hybridized carbons (Fsp3) is 0.200. The first-order valence-corrected chi connectivity index (χ1v) is 12.3. The fourth-order valence-electron chi connectivity index (χ4n) is 4.63. The van der Waals surface area contributed by atoms with E-state index >= 15 is 0 Å². The van der Waals surface area contributed by atoms with E-state index in [1.165, 1.54) is 22.3 Å². The average molecular weight is 490 g/mol. The third-order valence-electron chi connectivity index (χ3n) is 7.04. The Hall–Kier alpha value is -4.52. The summed E-state index contributed by atoms with van der Waals surface area (Å²) in [7, 11) is 2.05. The molecule has 186 valence electrons. The van der Waals surface area contributed by atoms with Gasteiger partial charge in [-0.05, 0) is 79.8 Å². The molecule has 0 radical (unpaired) electrons. The monoisotopic (exact) mass is 489 g/mol. The lowest BCUT2D eigenvalue weighted by molar-refractivity contribution is 0.435. The first kappa shape index (κ1) is 24.2. The Morgan fingerprint density at radius 2 is 1.41 bits per heavy atom. The number of hydrogen-bond acceptors (Lipinski definition) is 5. The van der Waals surface area contributed by atoms with Crippen molar-refractivity contribution in [3.8, 4) is 0 Å². The fourth-order valence-corrected chi connectivity index (χ4v) is 4.63. The third-order valence-corrected chi connectivity index (χ3v) is 7.04. The van der Waals surface area contributed by atoms with Crippen LogP contribution < -0.4 is 0 Å². The zero-order valence-electron chi connectivity index (χ0n) is 21.8. The summed E-state index contributed by atoms with van der Waals surface area (Å²) in [5.74, 6) is 0. The maximum Gasteiger partial charge on any atom is 0.115 e. The molecule has 5 rings (SSSR count). The van der Waals surface area contributed by atoms with Gasteiger partial charge in [0.25, 0.3) is 0 Å². The summed E-state index contributed by atoms with van der Waals surface area (Å²) in [6, 6.07) is 20.3. The van der Waals surface area contributed by atoms with Gasteiger partial charge < -0.3 is 4.90 Å². The molecule has 0 spiro atoms.